The number of hydrogen-bond acceptors (Lipinski definition) is 4. The van der Waals surface area contributed by atoms with E-state index in [9.17, 15) is 18.4 Å². The predicted octanol–water partition coefficient (Wildman–Crippen LogP) is 1.30. The van der Waals surface area contributed by atoms with E-state index in [1.165, 1.54) is 6.92 Å². The Balaban J connectivity index is 3.50. The molecule has 0 aliphatic rings. The molecular formula is C9H12F2O4. The molecule has 4 nitrogen and oxygen atoms in total. The Labute approximate surface area is 85.9 Å². The molecule has 0 heterocycles. The van der Waals surface area contributed by atoms with E-state index >= 15 is 0 Å². The molecule has 0 amide bonds. The van der Waals surface area contributed by atoms with Crippen molar-refractivity contribution in [1.29, 1.82) is 0 Å². The van der Waals surface area contributed by atoms with Crippen molar-refractivity contribution in [2.75, 3.05) is 13.2 Å². The van der Waals surface area contributed by atoms with Crippen LogP contribution in [0.3, 0.4) is 0 Å². The monoisotopic (exact) mass is 222 g/mol. The second-order valence-electron chi connectivity index (χ2n) is 2.73. The summed E-state index contributed by atoms with van der Waals surface area (Å²) in [5, 5.41) is 0. The lowest BCUT2D eigenvalue weighted by Crippen LogP contribution is -2.15. The molecule has 0 N–H and O–H groups in total. The van der Waals surface area contributed by atoms with Gasteiger partial charge in [0.2, 0.25) is 6.43 Å². The van der Waals surface area contributed by atoms with Crippen LogP contribution < -0.4 is 0 Å². The number of halogens is 2. The van der Waals surface area contributed by atoms with Gasteiger partial charge in [0.15, 0.2) is 0 Å². The first-order valence-corrected chi connectivity index (χ1v) is 4.20. The average Bonchev–Trinajstić information content (AvgIpc) is 2.10. The Hall–Kier alpha value is -1.46. The summed E-state index contributed by atoms with van der Waals surface area (Å²) in [7, 11) is 0. The minimum atomic E-state index is -2.73. The average molecular weight is 222 g/mol. The van der Waals surface area contributed by atoms with Crippen molar-refractivity contribution in [2.24, 2.45) is 0 Å². The van der Waals surface area contributed by atoms with Gasteiger partial charge in [-0.1, -0.05) is 6.58 Å². The number of ether oxygens (including phenoxy) is 2. The summed E-state index contributed by atoms with van der Waals surface area (Å²) in [5.41, 5.74) is 0.217. The van der Waals surface area contributed by atoms with Crippen molar-refractivity contribution in [3.8, 4) is 0 Å². The Kier molecular flexibility index (Phi) is 6.24. The first kappa shape index (κ1) is 13.5. The lowest BCUT2D eigenvalue weighted by atomic mass is 10.4. The quantitative estimate of drug-likeness (QED) is 0.386. The molecule has 0 rings (SSSR count). The van der Waals surface area contributed by atoms with Crippen molar-refractivity contribution < 1.29 is 27.8 Å². The standard InChI is InChI=1S/C9H12F2O4/c1-6(2)9(13)15-4-3-14-8(12)5-7(10)11/h7H,1,3-5H2,2H3. The van der Waals surface area contributed by atoms with Crippen LogP contribution in [0.4, 0.5) is 8.78 Å². The van der Waals surface area contributed by atoms with Crippen LogP contribution in [0.5, 0.6) is 0 Å². The molecule has 0 aliphatic carbocycles. The summed E-state index contributed by atoms with van der Waals surface area (Å²) in [6, 6.07) is 0. The van der Waals surface area contributed by atoms with Gasteiger partial charge in [-0.05, 0) is 6.92 Å². The Bertz CT molecular complexity index is 250. The van der Waals surface area contributed by atoms with E-state index in [0.29, 0.717) is 0 Å². The summed E-state index contributed by atoms with van der Waals surface area (Å²) in [6.07, 6.45) is -3.68. The van der Waals surface area contributed by atoms with Crippen LogP contribution in [0.15, 0.2) is 12.2 Å². The van der Waals surface area contributed by atoms with Crippen molar-refractivity contribution in [2.45, 2.75) is 19.8 Å². The maximum Gasteiger partial charge on any atom is 0.333 e. The fraction of sp³-hybridized carbons (Fsp3) is 0.556. The van der Waals surface area contributed by atoms with Crippen molar-refractivity contribution in [3.05, 3.63) is 12.2 Å². The van der Waals surface area contributed by atoms with Gasteiger partial charge in [-0.2, -0.15) is 0 Å². The molecule has 0 aliphatic heterocycles. The van der Waals surface area contributed by atoms with E-state index in [1.54, 1.807) is 0 Å². The molecule has 0 spiro atoms. The van der Waals surface area contributed by atoms with Crippen molar-refractivity contribution >= 4 is 11.9 Å². The second-order valence-corrected chi connectivity index (χ2v) is 2.73. The van der Waals surface area contributed by atoms with Crippen LogP contribution in [0, 0.1) is 0 Å². The van der Waals surface area contributed by atoms with E-state index in [1.807, 2.05) is 0 Å². The van der Waals surface area contributed by atoms with Gasteiger partial charge in [-0.25, -0.2) is 13.6 Å². The highest BCUT2D eigenvalue weighted by molar-refractivity contribution is 5.86. The zero-order chi connectivity index (χ0) is 11.8. The molecule has 0 unspecified atom stereocenters. The fourth-order valence-corrected chi connectivity index (χ4v) is 0.598. The van der Waals surface area contributed by atoms with Crippen LogP contribution in [-0.4, -0.2) is 31.6 Å². The van der Waals surface area contributed by atoms with Crippen LogP contribution in [0.1, 0.15) is 13.3 Å². The van der Waals surface area contributed by atoms with E-state index in [2.05, 4.69) is 16.1 Å². The SMILES string of the molecule is C=C(C)C(=O)OCCOC(=O)CC(F)F. The molecule has 0 bridgehead atoms. The topological polar surface area (TPSA) is 52.6 Å². The molecule has 0 aromatic rings. The molecule has 6 heteroatoms. The third-order valence-corrected chi connectivity index (χ3v) is 1.25. The Morgan fingerprint density at radius 3 is 2.27 bits per heavy atom. The van der Waals surface area contributed by atoms with E-state index in [4.69, 9.17) is 0 Å². The highest BCUT2D eigenvalue weighted by Gasteiger charge is 2.11. The highest BCUT2D eigenvalue weighted by atomic mass is 19.3. The first-order valence-electron chi connectivity index (χ1n) is 4.20. The Morgan fingerprint density at radius 1 is 1.27 bits per heavy atom. The number of alkyl halides is 2. The normalized spacial score (nSPS) is 9.87. The third-order valence-electron chi connectivity index (χ3n) is 1.25. The number of esters is 2. The maximum absolute atomic E-state index is 11.6. The van der Waals surface area contributed by atoms with Crippen molar-refractivity contribution in [1.82, 2.24) is 0 Å². The van der Waals surface area contributed by atoms with Gasteiger partial charge < -0.3 is 9.47 Å². The summed E-state index contributed by atoms with van der Waals surface area (Å²) < 4.78 is 32.2. The van der Waals surface area contributed by atoms with Crippen LogP contribution in [0.25, 0.3) is 0 Å². The van der Waals surface area contributed by atoms with Crippen LogP contribution in [-0.2, 0) is 19.1 Å². The van der Waals surface area contributed by atoms with Gasteiger partial charge in [-0.3, -0.25) is 4.79 Å². The third kappa shape index (κ3) is 7.60. The fourth-order valence-electron chi connectivity index (χ4n) is 0.598. The molecule has 0 atom stereocenters. The van der Waals surface area contributed by atoms with Gasteiger partial charge in [0.05, 0.1) is 0 Å². The van der Waals surface area contributed by atoms with E-state index in [0.717, 1.165) is 0 Å². The molecule has 0 aromatic heterocycles. The largest absolute Gasteiger partial charge is 0.462 e. The molecule has 0 saturated carbocycles. The van der Waals surface area contributed by atoms with Crippen LogP contribution >= 0.6 is 0 Å². The van der Waals surface area contributed by atoms with E-state index in [-0.39, 0.29) is 18.8 Å². The minimum absolute atomic E-state index is 0.166. The van der Waals surface area contributed by atoms with Gasteiger partial charge in [0, 0.05) is 5.57 Å². The van der Waals surface area contributed by atoms with E-state index < -0.39 is 24.8 Å². The maximum atomic E-state index is 11.6. The molecule has 0 aromatic carbocycles. The molecule has 0 radical (unpaired) electrons. The predicted molar refractivity (Wildman–Crippen MR) is 47.4 cm³/mol. The summed E-state index contributed by atoms with van der Waals surface area (Å²) in [5.74, 6) is -1.63. The lowest BCUT2D eigenvalue weighted by molar-refractivity contribution is -0.152. The minimum Gasteiger partial charge on any atom is -0.462 e. The highest BCUT2D eigenvalue weighted by Crippen LogP contribution is 2.00. The van der Waals surface area contributed by atoms with Gasteiger partial charge in [0.1, 0.15) is 19.6 Å². The smallest absolute Gasteiger partial charge is 0.333 e. The first-order chi connectivity index (χ1) is 6.93. The summed E-state index contributed by atoms with van der Waals surface area (Å²) in [4.78, 5) is 21.4. The zero-order valence-electron chi connectivity index (χ0n) is 8.29. The molecular weight excluding hydrogens is 210 g/mol. The molecule has 15 heavy (non-hydrogen) atoms. The number of hydrogen-bond donors (Lipinski definition) is 0. The van der Waals surface area contributed by atoms with Gasteiger partial charge in [0.25, 0.3) is 0 Å². The van der Waals surface area contributed by atoms with Crippen molar-refractivity contribution in [3.63, 3.8) is 0 Å². The number of carbonyl (C=O) groups excluding carboxylic acids is 2. The lowest BCUT2D eigenvalue weighted by Gasteiger charge is -2.05. The van der Waals surface area contributed by atoms with Crippen LogP contribution in [0.2, 0.25) is 0 Å². The Morgan fingerprint density at radius 2 is 1.80 bits per heavy atom. The molecule has 86 valence electrons. The number of rotatable bonds is 6. The molecule has 0 fully saturated rings. The number of carbonyl (C=O) groups is 2. The summed E-state index contributed by atoms with van der Waals surface area (Å²) >= 11 is 0. The summed E-state index contributed by atoms with van der Waals surface area (Å²) in [6.45, 7) is 4.39. The van der Waals surface area contributed by atoms with Gasteiger partial charge >= 0.3 is 11.9 Å². The zero-order valence-corrected chi connectivity index (χ0v) is 8.29. The van der Waals surface area contributed by atoms with Gasteiger partial charge in [-0.15, -0.1) is 0 Å². The molecule has 0 saturated heterocycles. The second kappa shape index (κ2) is 6.92.